The van der Waals surface area contributed by atoms with Gasteiger partial charge in [0.1, 0.15) is 18.4 Å². The normalized spacial score (nSPS) is 13.1. The lowest BCUT2D eigenvalue weighted by Gasteiger charge is -2.38. The van der Waals surface area contributed by atoms with Gasteiger partial charge in [0.2, 0.25) is 5.91 Å². The third-order valence-electron chi connectivity index (χ3n) is 3.83. The Bertz CT molecular complexity index is 299. The molecule has 20 heavy (non-hydrogen) atoms. The van der Waals surface area contributed by atoms with Crippen LogP contribution in [-0.2, 0) is 9.59 Å². The Morgan fingerprint density at radius 1 is 1.20 bits per heavy atom. The van der Waals surface area contributed by atoms with Crippen molar-refractivity contribution in [2.24, 2.45) is 0 Å². The van der Waals surface area contributed by atoms with E-state index >= 15 is 0 Å². The molecular weight excluding hydrogens is 256 g/mol. The van der Waals surface area contributed by atoms with E-state index in [-0.39, 0.29) is 24.2 Å². The van der Waals surface area contributed by atoms with Crippen LogP contribution in [-0.4, -0.2) is 60.1 Å². The number of rotatable bonds is 11. The molecule has 0 fully saturated rings. The molecule has 0 aromatic carbocycles. The van der Waals surface area contributed by atoms with Crippen molar-refractivity contribution in [1.29, 1.82) is 0 Å². The number of quaternary nitrogens is 1. The van der Waals surface area contributed by atoms with E-state index in [2.05, 4.69) is 19.2 Å². The van der Waals surface area contributed by atoms with Gasteiger partial charge in [0.25, 0.3) is 0 Å². The number of aliphatic hydroxyl groups excluding tert-OH is 1. The topological polar surface area (TPSA) is 66.4 Å². The van der Waals surface area contributed by atoms with E-state index in [9.17, 15) is 14.7 Å². The third-order valence-corrected chi connectivity index (χ3v) is 3.83. The standard InChI is InChI=1S/C15H30N2O3/c1-5-17(6-2,12-14(4)19)11-7-10-16-15(20)9-8-13(3)18/h14,19H,5-12H2,1-4H3/p+1. The largest absolute Gasteiger partial charge is 0.388 e. The summed E-state index contributed by atoms with van der Waals surface area (Å²) >= 11 is 0. The first-order chi connectivity index (χ1) is 9.35. The minimum absolute atomic E-state index is 0.0460. The van der Waals surface area contributed by atoms with Crippen molar-refractivity contribution in [1.82, 2.24) is 5.32 Å². The first kappa shape index (κ1) is 19.1. The number of likely N-dealkylation sites (N-methyl/N-ethyl adjacent to an activating group) is 1. The second-order valence-electron chi connectivity index (χ2n) is 5.63. The Morgan fingerprint density at radius 2 is 1.80 bits per heavy atom. The molecule has 118 valence electrons. The van der Waals surface area contributed by atoms with Gasteiger partial charge in [-0.25, -0.2) is 0 Å². The predicted octanol–water partition coefficient (Wildman–Crippen LogP) is 1.10. The molecular formula is C15H31N2O3+. The summed E-state index contributed by atoms with van der Waals surface area (Å²) in [6.07, 6.45) is 1.18. The van der Waals surface area contributed by atoms with Crippen molar-refractivity contribution in [3.05, 3.63) is 0 Å². The maximum absolute atomic E-state index is 11.5. The fourth-order valence-corrected chi connectivity index (χ4v) is 2.47. The van der Waals surface area contributed by atoms with Crippen LogP contribution < -0.4 is 5.32 Å². The van der Waals surface area contributed by atoms with E-state index in [4.69, 9.17) is 0 Å². The number of Topliss-reactive ketones (excluding diaryl/α,β-unsaturated/α-hetero) is 1. The van der Waals surface area contributed by atoms with Gasteiger partial charge in [-0.3, -0.25) is 4.79 Å². The number of hydrogen-bond donors (Lipinski definition) is 2. The van der Waals surface area contributed by atoms with Gasteiger partial charge in [-0.15, -0.1) is 0 Å². The van der Waals surface area contributed by atoms with Crippen LogP contribution in [0.25, 0.3) is 0 Å². The van der Waals surface area contributed by atoms with Gasteiger partial charge in [-0.2, -0.15) is 0 Å². The van der Waals surface area contributed by atoms with Crippen molar-refractivity contribution in [2.45, 2.75) is 53.1 Å². The maximum atomic E-state index is 11.5. The van der Waals surface area contributed by atoms with E-state index in [1.54, 1.807) is 0 Å². The van der Waals surface area contributed by atoms with Gasteiger partial charge in [-0.05, 0) is 27.7 Å². The maximum Gasteiger partial charge on any atom is 0.220 e. The van der Waals surface area contributed by atoms with Crippen molar-refractivity contribution >= 4 is 11.7 Å². The SMILES string of the molecule is CC[N+](CC)(CCCNC(=O)CCC(C)=O)CC(C)O. The molecule has 0 saturated carbocycles. The van der Waals surface area contributed by atoms with Crippen LogP contribution in [0.5, 0.6) is 0 Å². The Labute approximate surface area is 122 Å². The number of nitrogens with zero attached hydrogens (tertiary/aromatic N) is 1. The molecule has 5 nitrogen and oxygen atoms in total. The number of hydrogen-bond acceptors (Lipinski definition) is 3. The second-order valence-corrected chi connectivity index (χ2v) is 5.63. The zero-order valence-corrected chi connectivity index (χ0v) is 13.4. The highest BCUT2D eigenvalue weighted by molar-refractivity contribution is 5.83. The van der Waals surface area contributed by atoms with Crippen LogP contribution in [0.2, 0.25) is 0 Å². The number of carbonyl (C=O) groups is 2. The Balaban J connectivity index is 4.00. The van der Waals surface area contributed by atoms with Gasteiger partial charge in [0.15, 0.2) is 0 Å². The van der Waals surface area contributed by atoms with Gasteiger partial charge < -0.3 is 19.7 Å². The summed E-state index contributed by atoms with van der Waals surface area (Å²) in [5.41, 5.74) is 0. The molecule has 0 aliphatic heterocycles. The summed E-state index contributed by atoms with van der Waals surface area (Å²) in [5.74, 6) is -0.00782. The Morgan fingerprint density at radius 3 is 2.25 bits per heavy atom. The van der Waals surface area contributed by atoms with E-state index in [1.165, 1.54) is 6.92 Å². The van der Waals surface area contributed by atoms with Gasteiger partial charge >= 0.3 is 0 Å². The first-order valence-electron chi connectivity index (χ1n) is 7.64. The summed E-state index contributed by atoms with van der Waals surface area (Å²) < 4.78 is 0.876. The van der Waals surface area contributed by atoms with Crippen LogP contribution in [0.4, 0.5) is 0 Å². The molecule has 0 spiro atoms. The zero-order valence-electron chi connectivity index (χ0n) is 13.4. The van der Waals surface area contributed by atoms with E-state index in [1.807, 2.05) is 6.92 Å². The quantitative estimate of drug-likeness (QED) is 0.442. The van der Waals surface area contributed by atoms with E-state index < -0.39 is 0 Å². The molecule has 5 heteroatoms. The average Bonchev–Trinajstić information content (AvgIpc) is 2.39. The molecule has 2 N–H and O–H groups in total. The second kappa shape index (κ2) is 9.88. The number of amides is 1. The van der Waals surface area contributed by atoms with Gasteiger partial charge in [-0.1, -0.05) is 0 Å². The van der Waals surface area contributed by atoms with Crippen molar-refractivity contribution in [3.8, 4) is 0 Å². The number of aliphatic hydroxyl groups is 1. The molecule has 0 heterocycles. The lowest BCUT2D eigenvalue weighted by molar-refractivity contribution is -0.927. The molecule has 0 aromatic rings. The minimum Gasteiger partial charge on any atom is -0.388 e. The van der Waals surface area contributed by atoms with E-state index in [0.29, 0.717) is 13.0 Å². The molecule has 0 aromatic heterocycles. The van der Waals surface area contributed by atoms with Crippen LogP contribution in [0, 0.1) is 0 Å². The molecule has 0 rings (SSSR count). The van der Waals surface area contributed by atoms with Crippen LogP contribution >= 0.6 is 0 Å². The molecule has 0 aliphatic carbocycles. The van der Waals surface area contributed by atoms with Crippen molar-refractivity contribution < 1.29 is 19.2 Å². The highest BCUT2D eigenvalue weighted by Gasteiger charge is 2.24. The molecule has 0 saturated heterocycles. The summed E-state index contributed by atoms with van der Waals surface area (Å²) in [7, 11) is 0. The lowest BCUT2D eigenvalue weighted by Crippen LogP contribution is -2.52. The van der Waals surface area contributed by atoms with Crippen molar-refractivity contribution in [3.63, 3.8) is 0 Å². The predicted molar refractivity (Wildman–Crippen MR) is 80.3 cm³/mol. The fraction of sp³-hybridized carbons (Fsp3) is 0.867. The molecule has 0 radical (unpaired) electrons. The van der Waals surface area contributed by atoms with Crippen LogP contribution in [0.1, 0.15) is 47.0 Å². The van der Waals surface area contributed by atoms with Gasteiger partial charge in [0, 0.05) is 25.8 Å². The van der Waals surface area contributed by atoms with E-state index in [0.717, 1.165) is 37.1 Å². The summed E-state index contributed by atoms with van der Waals surface area (Å²) in [5, 5.41) is 12.4. The monoisotopic (exact) mass is 287 g/mol. The summed E-state index contributed by atoms with van der Waals surface area (Å²) in [4.78, 5) is 22.3. The molecule has 1 amide bonds. The smallest absolute Gasteiger partial charge is 0.220 e. The first-order valence-corrected chi connectivity index (χ1v) is 7.64. The number of ketones is 1. The molecule has 0 aliphatic rings. The molecule has 1 unspecified atom stereocenters. The highest BCUT2D eigenvalue weighted by Crippen LogP contribution is 2.09. The minimum atomic E-state index is -0.306. The summed E-state index contributed by atoms with van der Waals surface area (Å²) in [6, 6.07) is 0. The number of carbonyl (C=O) groups excluding carboxylic acids is 2. The average molecular weight is 287 g/mol. The Kier molecular flexibility index (Phi) is 9.42. The third kappa shape index (κ3) is 8.27. The molecule has 1 atom stereocenters. The lowest BCUT2D eigenvalue weighted by atomic mass is 10.2. The zero-order chi connectivity index (χ0) is 15.6. The number of nitrogens with one attached hydrogen (secondary N) is 1. The van der Waals surface area contributed by atoms with Crippen LogP contribution in [0.3, 0.4) is 0 Å². The van der Waals surface area contributed by atoms with Crippen molar-refractivity contribution in [2.75, 3.05) is 32.7 Å². The van der Waals surface area contributed by atoms with Crippen LogP contribution in [0.15, 0.2) is 0 Å². The Hall–Kier alpha value is -0.940. The summed E-state index contributed by atoms with van der Waals surface area (Å²) in [6.45, 7) is 11.9. The fourth-order valence-electron chi connectivity index (χ4n) is 2.47. The van der Waals surface area contributed by atoms with Gasteiger partial charge in [0.05, 0.1) is 19.6 Å². The molecule has 0 bridgehead atoms. The highest BCUT2D eigenvalue weighted by atomic mass is 16.3.